The largest absolute Gasteiger partial charge is 0.355 e. The second-order valence-electron chi connectivity index (χ2n) is 4.08. The van der Waals surface area contributed by atoms with Gasteiger partial charge in [0, 0.05) is 0 Å². The molecule has 3 heterocycles. The lowest BCUT2D eigenvalue weighted by atomic mass is 9.98. The van der Waals surface area contributed by atoms with Crippen molar-refractivity contribution in [2.24, 2.45) is 0 Å². The highest BCUT2D eigenvalue weighted by molar-refractivity contribution is 6.08. The van der Waals surface area contributed by atoms with Gasteiger partial charge >= 0.3 is 0 Å². The van der Waals surface area contributed by atoms with E-state index in [1.807, 2.05) is 0 Å². The number of aromatic amines is 1. The molecule has 17 heavy (non-hydrogen) atoms. The highest BCUT2D eigenvalue weighted by Crippen LogP contribution is 2.30. The summed E-state index contributed by atoms with van der Waals surface area (Å²) in [6.07, 6.45) is 5.22. The lowest BCUT2D eigenvalue weighted by Gasteiger charge is -2.13. The van der Waals surface area contributed by atoms with E-state index < -0.39 is 0 Å². The molecule has 1 aliphatic rings. The Morgan fingerprint density at radius 2 is 2.41 bits per heavy atom. The molecule has 1 fully saturated rings. The molecular weight excluding hydrogens is 219 g/mol. The first kappa shape index (κ1) is 10.5. The molecule has 3 rings (SSSR count). The summed E-state index contributed by atoms with van der Waals surface area (Å²) in [4.78, 5) is 22.2. The Balaban J connectivity index is 2.02. The number of hydrogen-bond donors (Lipinski definition) is 1. The zero-order valence-electron chi connectivity index (χ0n) is 9.17. The number of H-pyrrole nitrogens is 1. The summed E-state index contributed by atoms with van der Waals surface area (Å²) in [6, 6.07) is 0. The van der Waals surface area contributed by atoms with Gasteiger partial charge in [0.1, 0.15) is 6.23 Å². The highest BCUT2D eigenvalue weighted by Gasteiger charge is 2.26. The van der Waals surface area contributed by atoms with Crippen molar-refractivity contribution >= 4 is 19.0 Å². The summed E-state index contributed by atoms with van der Waals surface area (Å²) in [5.41, 5.74) is 0.658. The summed E-state index contributed by atoms with van der Waals surface area (Å²) in [5, 5.41) is 0. The van der Waals surface area contributed by atoms with E-state index in [-0.39, 0.29) is 17.9 Å². The summed E-state index contributed by atoms with van der Waals surface area (Å²) in [5.74, 6) is 0. The number of imidazole rings is 1. The lowest BCUT2D eigenvalue weighted by molar-refractivity contribution is 0.0135. The number of fused-ring (bicyclic) bond motifs is 1. The Kier molecular flexibility index (Phi) is 2.47. The molecule has 2 aromatic rings. The normalized spacial score (nSPS) is 24.5. The molecule has 7 heteroatoms. The van der Waals surface area contributed by atoms with Crippen LogP contribution >= 0.6 is 0 Å². The van der Waals surface area contributed by atoms with E-state index in [9.17, 15) is 4.79 Å². The van der Waals surface area contributed by atoms with Gasteiger partial charge < -0.3 is 9.72 Å². The maximum absolute atomic E-state index is 11.5. The van der Waals surface area contributed by atoms with Crippen LogP contribution in [-0.2, 0) is 4.74 Å². The fraction of sp³-hybridized carbons (Fsp3) is 0.500. The Morgan fingerprint density at radius 1 is 1.53 bits per heavy atom. The number of nitrogens with zero attached hydrogens (tertiary/aromatic N) is 3. The minimum atomic E-state index is -0.234. The van der Waals surface area contributed by atoms with E-state index in [0.29, 0.717) is 17.5 Å². The molecule has 2 unspecified atom stereocenters. The summed E-state index contributed by atoms with van der Waals surface area (Å²) >= 11 is 0. The van der Waals surface area contributed by atoms with Gasteiger partial charge in [0.05, 0.1) is 26.6 Å². The third-order valence-electron chi connectivity index (χ3n) is 3.02. The molecule has 2 atom stereocenters. The second kappa shape index (κ2) is 3.99. The monoisotopic (exact) mass is 230 g/mol. The quantitative estimate of drug-likeness (QED) is 0.757. The van der Waals surface area contributed by atoms with Gasteiger partial charge in [0.2, 0.25) is 0 Å². The number of ether oxygens (including phenoxy) is 1. The van der Waals surface area contributed by atoms with Crippen molar-refractivity contribution in [2.75, 3.05) is 0 Å². The Bertz CT molecular complexity index is 593. The molecule has 6 nitrogen and oxygen atoms in total. The third-order valence-corrected chi connectivity index (χ3v) is 3.02. The van der Waals surface area contributed by atoms with Gasteiger partial charge in [-0.25, -0.2) is 9.97 Å². The van der Waals surface area contributed by atoms with Crippen molar-refractivity contribution in [3.8, 4) is 0 Å². The summed E-state index contributed by atoms with van der Waals surface area (Å²) in [6.45, 7) is 0. The number of aromatic nitrogens is 4. The minimum absolute atomic E-state index is 0.0828. The van der Waals surface area contributed by atoms with Crippen molar-refractivity contribution in [3.63, 3.8) is 0 Å². The maximum atomic E-state index is 11.5. The number of nitrogens with one attached hydrogen (secondary N) is 1. The molecule has 0 saturated carbocycles. The van der Waals surface area contributed by atoms with E-state index in [2.05, 4.69) is 15.0 Å². The topological polar surface area (TPSA) is 72.8 Å². The zero-order valence-corrected chi connectivity index (χ0v) is 9.17. The fourth-order valence-corrected chi connectivity index (χ4v) is 2.14. The van der Waals surface area contributed by atoms with Crippen LogP contribution in [0.4, 0.5) is 0 Å². The SMILES string of the molecule is [B]CC1CCC(n2cnc3c(=O)[nH]cnc32)O1. The molecular formula is C10H11BN4O2. The standard InChI is InChI=1S/C10H11BN4O2/c11-3-6-1-2-7(17-6)15-5-14-8-9(15)12-4-13-10(8)16/h4-7H,1-3H2,(H,12,13,16). The van der Waals surface area contributed by atoms with Crippen molar-refractivity contribution in [1.29, 1.82) is 0 Å². The molecule has 1 saturated heterocycles. The summed E-state index contributed by atoms with van der Waals surface area (Å²) in [7, 11) is 5.57. The first-order valence-electron chi connectivity index (χ1n) is 5.55. The van der Waals surface area contributed by atoms with Crippen LogP contribution in [0.15, 0.2) is 17.4 Å². The van der Waals surface area contributed by atoms with Crippen LogP contribution in [0.2, 0.25) is 6.32 Å². The first-order chi connectivity index (χ1) is 8.29. The predicted molar refractivity (Wildman–Crippen MR) is 61.9 cm³/mol. The number of rotatable bonds is 2. The molecule has 2 radical (unpaired) electrons. The molecule has 86 valence electrons. The van der Waals surface area contributed by atoms with E-state index in [1.165, 1.54) is 6.33 Å². The van der Waals surface area contributed by atoms with Gasteiger partial charge in [-0.05, 0) is 12.8 Å². The smallest absolute Gasteiger partial charge is 0.278 e. The molecule has 0 bridgehead atoms. The van der Waals surface area contributed by atoms with Crippen LogP contribution in [0.1, 0.15) is 19.1 Å². The van der Waals surface area contributed by atoms with Gasteiger partial charge in [-0.2, -0.15) is 0 Å². The molecule has 0 aromatic carbocycles. The molecule has 0 aliphatic carbocycles. The van der Waals surface area contributed by atoms with Crippen molar-refractivity contribution in [2.45, 2.75) is 31.5 Å². The predicted octanol–water partition coefficient (Wildman–Crippen LogP) is 0.384. The van der Waals surface area contributed by atoms with Crippen LogP contribution < -0.4 is 5.56 Å². The van der Waals surface area contributed by atoms with Gasteiger partial charge in [-0.15, -0.1) is 0 Å². The maximum Gasteiger partial charge on any atom is 0.278 e. The molecule has 2 aromatic heterocycles. The van der Waals surface area contributed by atoms with Crippen LogP contribution in [0, 0.1) is 0 Å². The van der Waals surface area contributed by atoms with E-state index >= 15 is 0 Å². The van der Waals surface area contributed by atoms with E-state index in [4.69, 9.17) is 12.6 Å². The van der Waals surface area contributed by atoms with Crippen molar-refractivity contribution < 1.29 is 4.74 Å². The van der Waals surface area contributed by atoms with Crippen molar-refractivity contribution in [1.82, 2.24) is 19.5 Å². The molecule has 0 spiro atoms. The Labute approximate surface area is 98.4 Å². The third kappa shape index (κ3) is 1.66. The molecule has 0 amide bonds. The Morgan fingerprint density at radius 3 is 3.18 bits per heavy atom. The average Bonchev–Trinajstić information content (AvgIpc) is 2.94. The molecule has 1 N–H and O–H groups in total. The lowest BCUT2D eigenvalue weighted by Crippen LogP contribution is -2.12. The second-order valence-corrected chi connectivity index (χ2v) is 4.08. The van der Waals surface area contributed by atoms with Crippen LogP contribution in [0.25, 0.3) is 11.2 Å². The van der Waals surface area contributed by atoms with E-state index in [0.717, 1.165) is 12.8 Å². The van der Waals surface area contributed by atoms with Gasteiger partial charge in [0.25, 0.3) is 5.56 Å². The average molecular weight is 230 g/mol. The Hall–Kier alpha value is -1.63. The highest BCUT2D eigenvalue weighted by atomic mass is 16.5. The van der Waals surface area contributed by atoms with Crippen LogP contribution in [0.5, 0.6) is 0 Å². The van der Waals surface area contributed by atoms with E-state index in [1.54, 1.807) is 10.9 Å². The van der Waals surface area contributed by atoms with Gasteiger partial charge in [-0.3, -0.25) is 9.36 Å². The van der Waals surface area contributed by atoms with Crippen molar-refractivity contribution in [3.05, 3.63) is 23.0 Å². The van der Waals surface area contributed by atoms with Crippen LogP contribution in [-0.4, -0.2) is 33.5 Å². The first-order valence-corrected chi connectivity index (χ1v) is 5.55. The molecule has 1 aliphatic heterocycles. The fourth-order valence-electron chi connectivity index (χ4n) is 2.14. The summed E-state index contributed by atoms with van der Waals surface area (Å²) < 4.78 is 7.54. The van der Waals surface area contributed by atoms with Gasteiger partial charge in [0.15, 0.2) is 11.2 Å². The zero-order chi connectivity index (χ0) is 11.8. The number of hydrogen-bond acceptors (Lipinski definition) is 4. The minimum Gasteiger partial charge on any atom is -0.355 e. The van der Waals surface area contributed by atoms with Gasteiger partial charge in [-0.1, -0.05) is 6.32 Å². The van der Waals surface area contributed by atoms with Crippen LogP contribution in [0.3, 0.4) is 0 Å².